The van der Waals surface area contributed by atoms with Crippen molar-refractivity contribution in [2.24, 2.45) is 11.8 Å². The van der Waals surface area contributed by atoms with Crippen molar-refractivity contribution in [1.82, 2.24) is 0 Å². The summed E-state index contributed by atoms with van der Waals surface area (Å²) in [7, 11) is 0. The molecule has 1 nitrogen and oxygen atoms in total. The van der Waals surface area contributed by atoms with Gasteiger partial charge in [0.15, 0.2) is 0 Å². The minimum atomic E-state index is 0.991. The maximum absolute atomic E-state index is 8.00. The molecule has 50 valence electrons. The third-order valence-electron chi connectivity index (χ3n) is 2.17. The van der Waals surface area contributed by atoms with Crippen LogP contribution in [0.4, 0.5) is 0 Å². The third-order valence-corrected chi connectivity index (χ3v) is 2.17. The van der Waals surface area contributed by atoms with Crippen LogP contribution in [0, 0.1) is 11.8 Å². The molecule has 0 N–H and O–H groups in total. The first-order valence-electron chi connectivity index (χ1n) is 3.42. The van der Waals surface area contributed by atoms with Gasteiger partial charge in [-0.1, -0.05) is 12.2 Å². The first-order chi connectivity index (χ1) is 4.45. The van der Waals surface area contributed by atoms with E-state index >= 15 is 0 Å². The van der Waals surface area contributed by atoms with Crippen LogP contribution in [-0.2, 0) is 4.79 Å². The van der Waals surface area contributed by atoms with Gasteiger partial charge in [-0.05, 0) is 31.1 Å². The predicted molar refractivity (Wildman–Crippen MR) is 37.1 cm³/mol. The Kier molecular flexibility index (Phi) is 2.04. The molecule has 0 aromatic heterocycles. The quantitative estimate of drug-likeness (QED) is 0.450. The van der Waals surface area contributed by atoms with E-state index in [2.05, 4.69) is 12.2 Å². The summed E-state index contributed by atoms with van der Waals surface area (Å²) in [5.41, 5.74) is 0. The van der Waals surface area contributed by atoms with Crippen molar-refractivity contribution < 1.29 is 4.79 Å². The van der Waals surface area contributed by atoms with Crippen molar-refractivity contribution in [3.05, 3.63) is 12.2 Å². The molecular weight excluding hydrogens is 112 g/mol. The summed E-state index contributed by atoms with van der Waals surface area (Å²) < 4.78 is 0. The van der Waals surface area contributed by atoms with Crippen molar-refractivity contribution in [2.45, 2.75) is 19.3 Å². The molecule has 2 rings (SSSR count). The van der Waals surface area contributed by atoms with Crippen LogP contribution in [0.2, 0.25) is 0 Å². The van der Waals surface area contributed by atoms with Crippen LogP contribution in [0.1, 0.15) is 19.3 Å². The zero-order valence-corrected chi connectivity index (χ0v) is 5.55. The van der Waals surface area contributed by atoms with Crippen LogP contribution in [0.3, 0.4) is 0 Å². The zero-order valence-electron chi connectivity index (χ0n) is 5.55. The highest BCUT2D eigenvalue weighted by atomic mass is 16.1. The Balaban J connectivity index is 0.000000186. The topological polar surface area (TPSA) is 17.1 Å². The Bertz CT molecular complexity index is 106. The number of hydrogen-bond acceptors (Lipinski definition) is 1. The lowest BCUT2D eigenvalue weighted by atomic mass is 10.1. The molecule has 0 spiro atoms. The van der Waals surface area contributed by atoms with E-state index < -0.39 is 0 Å². The van der Waals surface area contributed by atoms with Gasteiger partial charge in [0.2, 0.25) is 0 Å². The van der Waals surface area contributed by atoms with Gasteiger partial charge < -0.3 is 4.79 Å². The molecule has 0 heterocycles. The van der Waals surface area contributed by atoms with Gasteiger partial charge in [0.25, 0.3) is 0 Å². The third kappa shape index (κ3) is 1.21. The summed E-state index contributed by atoms with van der Waals surface area (Å²) in [6.07, 6.45) is 9.19. The van der Waals surface area contributed by atoms with E-state index in [0.717, 1.165) is 11.8 Å². The van der Waals surface area contributed by atoms with E-state index in [9.17, 15) is 0 Å². The molecule has 0 radical (unpaired) electrons. The Morgan fingerprint density at radius 1 is 1.11 bits per heavy atom. The second-order valence-corrected chi connectivity index (χ2v) is 2.72. The van der Waals surface area contributed by atoms with Gasteiger partial charge in [-0.25, -0.2) is 0 Å². The summed E-state index contributed by atoms with van der Waals surface area (Å²) in [5, 5.41) is 0. The molecular formula is C8H12O. The first-order valence-corrected chi connectivity index (χ1v) is 3.42. The number of carbonyl (C=O) groups excluding carboxylic acids is 1. The number of rotatable bonds is 0. The number of carbonyl (C=O) groups is 1. The molecule has 0 aromatic carbocycles. The summed E-state index contributed by atoms with van der Waals surface area (Å²) >= 11 is 0. The highest BCUT2D eigenvalue weighted by molar-refractivity contribution is 5.11. The van der Waals surface area contributed by atoms with Crippen molar-refractivity contribution in [3.8, 4) is 0 Å². The van der Waals surface area contributed by atoms with Crippen molar-refractivity contribution >= 4 is 6.79 Å². The normalized spacial score (nSPS) is 36.0. The van der Waals surface area contributed by atoms with Gasteiger partial charge in [-0.15, -0.1) is 0 Å². The van der Waals surface area contributed by atoms with Crippen LogP contribution in [0.15, 0.2) is 12.2 Å². The second kappa shape index (κ2) is 2.81. The second-order valence-electron chi connectivity index (χ2n) is 2.72. The van der Waals surface area contributed by atoms with Gasteiger partial charge in [0.1, 0.15) is 6.79 Å². The lowest BCUT2D eigenvalue weighted by Gasteiger charge is -1.96. The highest BCUT2D eigenvalue weighted by Crippen LogP contribution is 2.38. The summed E-state index contributed by atoms with van der Waals surface area (Å²) in [5.74, 6) is 1.98. The average Bonchev–Trinajstić information content (AvgIpc) is 2.53. The highest BCUT2D eigenvalue weighted by Gasteiger charge is 2.25. The van der Waals surface area contributed by atoms with Crippen LogP contribution < -0.4 is 0 Å². The van der Waals surface area contributed by atoms with E-state index in [1.54, 1.807) is 0 Å². The number of fused-ring (bicyclic) bond motifs is 2. The SMILES string of the molecule is C1=CC2CCC1C2.C=O. The molecule has 0 amide bonds. The van der Waals surface area contributed by atoms with E-state index in [0.29, 0.717) is 0 Å². The van der Waals surface area contributed by atoms with E-state index in [1.807, 2.05) is 6.79 Å². The average molecular weight is 124 g/mol. The summed E-state index contributed by atoms with van der Waals surface area (Å²) in [6, 6.07) is 0. The maximum Gasteiger partial charge on any atom is 0.106 e. The maximum atomic E-state index is 8.00. The Morgan fingerprint density at radius 3 is 1.67 bits per heavy atom. The first kappa shape index (κ1) is 6.53. The smallest absolute Gasteiger partial charge is 0.106 e. The van der Waals surface area contributed by atoms with Crippen LogP contribution in [0.25, 0.3) is 0 Å². The van der Waals surface area contributed by atoms with E-state index in [4.69, 9.17) is 4.79 Å². The largest absolute Gasteiger partial charge is 0.307 e. The number of allylic oxidation sites excluding steroid dienone is 2. The van der Waals surface area contributed by atoms with E-state index in [1.165, 1.54) is 19.3 Å². The van der Waals surface area contributed by atoms with Crippen molar-refractivity contribution in [2.75, 3.05) is 0 Å². The van der Waals surface area contributed by atoms with Crippen LogP contribution >= 0.6 is 0 Å². The predicted octanol–water partition coefficient (Wildman–Crippen LogP) is 1.79. The Morgan fingerprint density at radius 2 is 1.56 bits per heavy atom. The van der Waals surface area contributed by atoms with Crippen molar-refractivity contribution in [3.63, 3.8) is 0 Å². The minimum absolute atomic E-state index is 0.991. The molecule has 0 aliphatic heterocycles. The summed E-state index contributed by atoms with van der Waals surface area (Å²) in [4.78, 5) is 8.00. The molecule has 2 aliphatic carbocycles. The zero-order chi connectivity index (χ0) is 6.69. The lowest BCUT2D eigenvalue weighted by Crippen LogP contribution is -1.82. The van der Waals surface area contributed by atoms with E-state index in [-0.39, 0.29) is 0 Å². The molecule has 1 fully saturated rings. The fourth-order valence-electron chi connectivity index (χ4n) is 1.72. The molecule has 2 bridgehead atoms. The van der Waals surface area contributed by atoms with Gasteiger partial charge in [0, 0.05) is 0 Å². The molecule has 1 saturated carbocycles. The molecule has 2 unspecified atom stereocenters. The Hall–Kier alpha value is -0.590. The lowest BCUT2D eigenvalue weighted by molar-refractivity contribution is -0.0979. The minimum Gasteiger partial charge on any atom is -0.307 e. The van der Waals surface area contributed by atoms with Gasteiger partial charge in [-0.3, -0.25) is 0 Å². The van der Waals surface area contributed by atoms with Crippen molar-refractivity contribution in [1.29, 1.82) is 0 Å². The summed E-state index contributed by atoms with van der Waals surface area (Å²) in [6.45, 7) is 2.00. The molecule has 0 saturated heterocycles. The van der Waals surface area contributed by atoms with Crippen LogP contribution in [0.5, 0.6) is 0 Å². The van der Waals surface area contributed by atoms with Gasteiger partial charge in [-0.2, -0.15) is 0 Å². The molecule has 2 aliphatic rings. The van der Waals surface area contributed by atoms with Gasteiger partial charge >= 0.3 is 0 Å². The molecule has 9 heavy (non-hydrogen) atoms. The number of hydrogen-bond donors (Lipinski definition) is 0. The van der Waals surface area contributed by atoms with Gasteiger partial charge in [0.05, 0.1) is 0 Å². The Labute approximate surface area is 55.8 Å². The fourth-order valence-corrected chi connectivity index (χ4v) is 1.72. The fraction of sp³-hybridized carbons (Fsp3) is 0.625. The molecule has 1 heteroatoms. The van der Waals surface area contributed by atoms with Crippen LogP contribution in [-0.4, -0.2) is 6.79 Å². The standard InChI is InChI=1S/C7H10.CH2O/c1-2-7-4-3-6(1)5-7;1-2/h1-2,6-7H,3-5H2;1H2. The monoisotopic (exact) mass is 124 g/mol. The molecule has 0 aromatic rings. The molecule has 2 atom stereocenters.